The van der Waals surface area contributed by atoms with E-state index in [0.29, 0.717) is 22.0 Å². The van der Waals surface area contributed by atoms with Crippen molar-refractivity contribution in [1.29, 1.82) is 0 Å². The molecule has 0 aliphatic heterocycles. The largest absolute Gasteiger partial charge is 0.504 e. The van der Waals surface area contributed by atoms with Crippen molar-refractivity contribution in [3.8, 4) is 22.9 Å². The van der Waals surface area contributed by atoms with Crippen LogP contribution < -0.4 is 0 Å². The molecule has 0 aliphatic rings. The second-order valence-electron chi connectivity index (χ2n) is 4.80. The second kappa shape index (κ2) is 6.73. The van der Waals surface area contributed by atoms with Gasteiger partial charge in [0.25, 0.3) is 5.89 Å². The lowest BCUT2D eigenvalue weighted by molar-refractivity contribution is 0.404. The summed E-state index contributed by atoms with van der Waals surface area (Å²) in [6, 6.07) is 9.74. The molecule has 8 heteroatoms. The molecular weight excluding hydrogens is 375 g/mol. The molecule has 0 spiro atoms. The fraction of sp³-hybridized carbons (Fsp3) is 0. The van der Waals surface area contributed by atoms with Gasteiger partial charge in [0.2, 0.25) is 5.82 Å². The Bertz CT molecular complexity index is 915. The van der Waals surface area contributed by atoms with Crippen LogP contribution in [0.5, 0.6) is 11.5 Å². The maximum atomic E-state index is 9.57. The van der Waals surface area contributed by atoms with E-state index in [2.05, 4.69) is 10.1 Å². The number of halogens is 3. The Morgan fingerprint density at radius 2 is 1.92 bits per heavy atom. The van der Waals surface area contributed by atoms with Crippen LogP contribution >= 0.6 is 34.8 Å². The first-order chi connectivity index (χ1) is 11.4. The molecule has 2 N–H and O–H groups in total. The summed E-state index contributed by atoms with van der Waals surface area (Å²) in [5.41, 5.74) is 1.15. The Balaban J connectivity index is 1.92. The molecule has 3 aromatic rings. The standard InChI is InChI=1S/C16H9Cl3N2O3/c17-10-3-1-2-9(7-10)15-20-16(24-21-15)12(19)5-8-4-11(18)14(23)13(22)6-8/h1-7,22-23H/b12-5-. The normalized spacial score (nSPS) is 11.7. The predicted octanol–water partition coefficient (Wildman–Crippen LogP) is 5.19. The van der Waals surface area contributed by atoms with Gasteiger partial charge < -0.3 is 14.7 Å². The maximum Gasteiger partial charge on any atom is 0.269 e. The number of nitrogens with zero attached hydrogens (tertiary/aromatic N) is 2. The number of phenols is 2. The van der Waals surface area contributed by atoms with E-state index in [1.165, 1.54) is 18.2 Å². The SMILES string of the molecule is Oc1cc(/C=C(\Cl)c2nc(-c3cccc(Cl)c3)no2)cc(Cl)c1O. The highest BCUT2D eigenvalue weighted by Crippen LogP contribution is 2.35. The van der Waals surface area contributed by atoms with Gasteiger partial charge in [-0.3, -0.25) is 0 Å². The molecule has 0 aliphatic carbocycles. The molecular formula is C16H9Cl3N2O3. The smallest absolute Gasteiger partial charge is 0.269 e. The van der Waals surface area contributed by atoms with E-state index in [4.69, 9.17) is 39.3 Å². The van der Waals surface area contributed by atoms with Crippen molar-refractivity contribution >= 4 is 45.9 Å². The van der Waals surface area contributed by atoms with Crippen LogP contribution in [0.2, 0.25) is 10.0 Å². The van der Waals surface area contributed by atoms with Gasteiger partial charge >= 0.3 is 0 Å². The van der Waals surface area contributed by atoms with Crippen LogP contribution in [0.3, 0.4) is 0 Å². The summed E-state index contributed by atoms with van der Waals surface area (Å²) in [6.45, 7) is 0. The highest BCUT2D eigenvalue weighted by Gasteiger charge is 2.13. The molecule has 1 aromatic heterocycles. The van der Waals surface area contributed by atoms with Gasteiger partial charge in [-0.1, -0.05) is 52.1 Å². The monoisotopic (exact) mass is 382 g/mol. The molecule has 0 bridgehead atoms. The topological polar surface area (TPSA) is 79.4 Å². The van der Waals surface area contributed by atoms with E-state index >= 15 is 0 Å². The number of hydrogen-bond donors (Lipinski definition) is 2. The molecule has 5 nitrogen and oxygen atoms in total. The van der Waals surface area contributed by atoms with Crippen LogP contribution in [0, 0.1) is 0 Å². The van der Waals surface area contributed by atoms with Crippen LogP contribution in [-0.4, -0.2) is 20.4 Å². The molecule has 3 rings (SSSR count). The zero-order valence-corrected chi connectivity index (χ0v) is 14.1. The number of rotatable bonds is 3. The molecule has 0 unspecified atom stereocenters. The summed E-state index contributed by atoms with van der Waals surface area (Å²) < 4.78 is 5.13. The molecule has 0 saturated heterocycles. The van der Waals surface area contributed by atoms with Crippen molar-refractivity contribution in [1.82, 2.24) is 10.1 Å². The number of aromatic nitrogens is 2. The van der Waals surface area contributed by atoms with Crippen LogP contribution in [0.4, 0.5) is 0 Å². The van der Waals surface area contributed by atoms with Gasteiger partial charge in [-0.05, 0) is 35.9 Å². The first-order valence-corrected chi connectivity index (χ1v) is 7.76. The van der Waals surface area contributed by atoms with Crippen molar-refractivity contribution in [2.24, 2.45) is 0 Å². The fourth-order valence-electron chi connectivity index (χ4n) is 1.96. The molecule has 0 atom stereocenters. The molecule has 122 valence electrons. The molecule has 0 saturated carbocycles. The number of benzene rings is 2. The number of hydrogen-bond acceptors (Lipinski definition) is 5. The molecule has 0 fully saturated rings. The minimum absolute atomic E-state index is 0.00383. The van der Waals surface area contributed by atoms with Crippen LogP contribution in [0.1, 0.15) is 11.5 Å². The van der Waals surface area contributed by atoms with Gasteiger partial charge in [-0.25, -0.2) is 0 Å². The molecule has 0 radical (unpaired) electrons. The zero-order chi connectivity index (χ0) is 17.3. The Morgan fingerprint density at radius 3 is 2.62 bits per heavy atom. The lowest BCUT2D eigenvalue weighted by atomic mass is 10.2. The zero-order valence-electron chi connectivity index (χ0n) is 11.9. The number of phenolic OH excluding ortho intramolecular Hbond substituents is 2. The third-order valence-electron chi connectivity index (χ3n) is 3.07. The first kappa shape index (κ1) is 16.6. The van der Waals surface area contributed by atoms with Crippen LogP contribution in [-0.2, 0) is 0 Å². The lowest BCUT2D eigenvalue weighted by Gasteiger charge is -2.02. The molecule has 0 amide bonds. The first-order valence-electron chi connectivity index (χ1n) is 6.63. The summed E-state index contributed by atoms with van der Waals surface area (Å²) in [5, 5.41) is 23.6. The van der Waals surface area contributed by atoms with Gasteiger partial charge in [0, 0.05) is 10.6 Å². The van der Waals surface area contributed by atoms with Gasteiger partial charge in [-0.2, -0.15) is 4.98 Å². The Kier molecular flexibility index (Phi) is 4.66. The third-order valence-corrected chi connectivity index (χ3v) is 3.87. The van der Waals surface area contributed by atoms with Gasteiger partial charge in [0.05, 0.1) is 5.02 Å². The minimum Gasteiger partial charge on any atom is -0.504 e. The third kappa shape index (κ3) is 3.48. The molecule has 1 heterocycles. The van der Waals surface area contributed by atoms with Crippen molar-refractivity contribution in [3.05, 3.63) is 57.9 Å². The summed E-state index contributed by atoms with van der Waals surface area (Å²) >= 11 is 17.9. The van der Waals surface area contributed by atoms with Crippen molar-refractivity contribution in [3.63, 3.8) is 0 Å². The molecule has 2 aromatic carbocycles. The van der Waals surface area contributed by atoms with E-state index in [0.717, 1.165) is 0 Å². The highest BCUT2D eigenvalue weighted by molar-refractivity contribution is 6.50. The maximum absolute atomic E-state index is 9.57. The number of aromatic hydroxyl groups is 2. The predicted molar refractivity (Wildman–Crippen MR) is 93.2 cm³/mol. The molecule has 24 heavy (non-hydrogen) atoms. The van der Waals surface area contributed by atoms with Crippen LogP contribution in [0.25, 0.3) is 22.5 Å². The van der Waals surface area contributed by atoms with E-state index < -0.39 is 5.75 Å². The van der Waals surface area contributed by atoms with E-state index in [1.54, 1.807) is 24.3 Å². The lowest BCUT2D eigenvalue weighted by Crippen LogP contribution is -1.82. The van der Waals surface area contributed by atoms with Crippen molar-refractivity contribution in [2.75, 3.05) is 0 Å². The Hall–Kier alpha value is -2.21. The van der Waals surface area contributed by atoms with Gasteiger partial charge in [-0.15, -0.1) is 0 Å². The van der Waals surface area contributed by atoms with Gasteiger partial charge in [0.1, 0.15) is 5.03 Å². The van der Waals surface area contributed by atoms with Crippen molar-refractivity contribution in [2.45, 2.75) is 0 Å². The average molecular weight is 384 g/mol. The van der Waals surface area contributed by atoms with E-state index in [9.17, 15) is 10.2 Å². The van der Waals surface area contributed by atoms with Crippen LogP contribution in [0.15, 0.2) is 40.9 Å². The van der Waals surface area contributed by atoms with Crippen molar-refractivity contribution < 1.29 is 14.7 Å². The summed E-state index contributed by atoms with van der Waals surface area (Å²) in [4.78, 5) is 4.20. The Morgan fingerprint density at radius 1 is 1.12 bits per heavy atom. The highest BCUT2D eigenvalue weighted by atomic mass is 35.5. The quantitative estimate of drug-likeness (QED) is 0.608. The summed E-state index contributed by atoms with van der Waals surface area (Å²) in [7, 11) is 0. The summed E-state index contributed by atoms with van der Waals surface area (Å²) in [5.74, 6) is -0.324. The van der Waals surface area contributed by atoms with E-state index in [-0.39, 0.29) is 21.7 Å². The van der Waals surface area contributed by atoms with E-state index in [1.807, 2.05) is 0 Å². The fourth-order valence-corrected chi connectivity index (χ4v) is 2.58. The Labute approximate surface area is 151 Å². The van der Waals surface area contributed by atoms with Gasteiger partial charge in [0.15, 0.2) is 11.5 Å². The average Bonchev–Trinajstić information content (AvgIpc) is 3.02. The second-order valence-corrected chi connectivity index (χ2v) is 6.05. The summed E-state index contributed by atoms with van der Waals surface area (Å²) in [6.07, 6.45) is 1.47. The minimum atomic E-state index is -0.397.